The Kier molecular flexibility index (Phi) is 5.05. The Morgan fingerprint density at radius 1 is 1.32 bits per heavy atom. The van der Waals surface area contributed by atoms with Crippen molar-refractivity contribution < 1.29 is 19.5 Å². The second-order valence-electron chi connectivity index (χ2n) is 4.25. The van der Waals surface area contributed by atoms with Gasteiger partial charge in [0.1, 0.15) is 0 Å². The highest BCUT2D eigenvalue weighted by molar-refractivity contribution is 5.99. The zero-order valence-electron chi connectivity index (χ0n) is 10.6. The van der Waals surface area contributed by atoms with Crippen LogP contribution in [-0.4, -0.2) is 28.9 Å². The molecule has 1 aromatic carbocycles. The average molecular weight is 264 g/mol. The van der Waals surface area contributed by atoms with Crippen molar-refractivity contribution in [2.24, 2.45) is 5.73 Å². The summed E-state index contributed by atoms with van der Waals surface area (Å²) in [5, 5.41) is 11.2. The zero-order valence-corrected chi connectivity index (χ0v) is 10.6. The highest BCUT2D eigenvalue weighted by Gasteiger charge is 2.12. The number of aliphatic carboxylic acids is 1. The molecule has 1 unspecified atom stereocenters. The van der Waals surface area contributed by atoms with Crippen molar-refractivity contribution in [2.45, 2.75) is 25.8 Å². The highest BCUT2D eigenvalue weighted by Crippen LogP contribution is 2.06. The van der Waals surface area contributed by atoms with Crippen LogP contribution in [-0.2, 0) is 4.79 Å². The topological polar surface area (TPSA) is 109 Å². The van der Waals surface area contributed by atoms with Gasteiger partial charge >= 0.3 is 5.97 Å². The number of rotatable bonds is 6. The average Bonchev–Trinajstić information content (AvgIpc) is 2.36. The molecule has 2 amide bonds. The molecule has 6 heteroatoms. The Labute approximate surface area is 110 Å². The lowest BCUT2D eigenvalue weighted by Gasteiger charge is -2.13. The number of amides is 2. The van der Waals surface area contributed by atoms with E-state index in [0.717, 1.165) is 0 Å². The van der Waals surface area contributed by atoms with Crippen molar-refractivity contribution in [3.63, 3.8) is 0 Å². The summed E-state index contributed by atoms with van der Waals surface area (Å²) in [4.78, 5) is 33.3. The minimum absolute atomic E-state index is 0.0111. The first-order valence-electron chi connectivity index (χ1n) is 5.82. The van der Waals surface area contributed by atoms with Crippen LogP contribution in [0.3, 0.4) is 0 Å². The molecule has 0 saturated carbocycles. The molecule has 0 radical (unpaired) electrons. The number of carbonyl (C=O) groups excluding carboxylic acids is 2. The van der Waals surface area contributed by atoms with Crippen molar-refractivity contribution in [1.82, 2.24) is 5.32 Å². The molecule has 1 rings (SSSR count). The lowest BCUT2D eigenvalue weighted by Crippen LogP contribution is -2.33. The molecule has 0 aliphatic rings. The van der Waals surface area contributed by atoms with Crippen molar-refractivity contribution in [2.75, 3.05) is 0 Å². The van der Waals surface area contributed by atoms with E-state index in [9.17, 15) is 14.4 Å². The number of primary amides is 1. The lowest BCUT2D eigenvalue weighted by molar-refractivity contribution is -0.137. The van der Waals surface area contributed by atoms with Crippen molar-refractivity contribution in [3.8, 4) is 0 Å². The number of hydrogen-bond acceptors (Lipinski definition) is 3. The van der Waals surface area contributed by atoms with E-state index >= 15 is 0 Å². The van der Waals surface area contributed by atoms with E-state index in [0.29, 0.717) is 12.0 Å². The van der Waals surface area contributed by atoms with Gasteiger partial charge in [-0.05, 0) is 31.5 Å². The van der Waals surface area contributed by atoms with E-state index in [1.807, 2.05) is 0 Å². The maximum absolute atomic E-state index is 11.9. The number of carbonyl (C=O) groups is 3. The molecule has 0 aliphatic heterocycles. The van der Waals surface area contributed by atoms with E-state index in [1.165, 1.54) is 12.1 Å². The smallest absolute Gasteiger partial charge is 0.303 e. The molecule has 0 heterocycles. The molecule has 0 saturated heterocycles. The minimum Gasteiger partial charge on any atom is -0.481 e. The van der Waals surface area contributed by atoms with Crippen LogP contribution >= 0.6 is 0 Å². The van der Waals surface area contributed by atoms with Gasteiger partial charge in [0.15, 0.2) is 0 Å². The van der Waals surface area contributed by atoms with Crippen LogP contribution in [0.25, 0.3) is 0 Å². The normalized spacial score (nSPS) is 11.6. The second-order valence-corrected chi connectivity index (χ2v) is 4.25. The fraction of sp³-hybridized carbons (Fsp3) is 0.308. The maximum Gasteiger partial charge on any atom is 0.303 e. The molecule has 0 aromatic heterocycles. The largest absolute Gasteiger partial charge is 0.481 e. The third-order valence-electron chi connectivity index (χ3n) is 2.58. The molecule has 0 fully saturated rings. The predicted octanol–water partition coefficient (Wildman–Crippen LogP) is 0.769. The summed E-state index contributed by atoms with van der Waals surface area (Å²) < 4.78 is 0. The zero-order chi connectivity index (χ0) is 14.4. The van der Waals surface area contributed by atoms with E-state index in [4.69, 9.17) is 10.8 Å². The number of benzene rings is 1. The number of nitrogens with two attached hydrogens (primary N) is 1. The van der Waals surface area contributed by atoms with Gasteiger partial charge in [-0.1, -0.05) is 6.07 Å². The molecule has 4 N–H and O–H groups in total. The molecule has 19 heavy (non-hydrogen) atoms. The Morgan fingerprint density at radius 3 is 2.53 bits per heavy atom. The van der Waals surface area contributed by atoms with Crippen LogP contribution in [0.1, 0.15) is 40.5 Å². The number of nitrogens with one attached hydrogen (secondary N) is 1. The standard InChI is InChI=1S/C13H16N2O4/c1-8(5-6-11(16)17)15-13(19)10-4-2-3-9(7-10)12(14)18/h2-4,7-8H,5-6H2,1H3,(H2,14,18)(H,15,19)(H,16,17). The lowest BCUT2D eigenvalue weighted by atomic mass is 10.1. The van der Waals surface area contributed by atoms with Crippen molar-refractivity contribution >= 4 is 17.8 Å². The van der Waals surface area contributed by atoms with Crippen LogP contribution in [0.2, 0.25) is 0 Å². The van der Waals surface area contributed by atoms with Crippen LogP contribution in [0.15, 0.2) is 24.3 Å². The molecular formula is C13H16N2O4. The van der Waals surface area contributed by atoms with Crippen LogP contribution in [0.4, 0.5) is 0 Å². The third kappa shape index (κ3) is 4.79. The SMILES string of the molecule is CC(CCC(=O)O)NC(=O)c1cccc(C(N)=O)c1. The first-order chi connectivity index (χ1) is 8.90. The van der Waals surface area contributed by atoms with Gasteiger partial charge in [0.25, 0.3) is 5.91 Å². The van der Waals surface area contributed by atoms with Gasteiger partial charge in [0.2, 0.25) is 5.91 Å². The summed E-state index contributed by atoms with van der Waals surface area (Å²) in [6, 6.07) is 5.79. The summed E-state index contributed by atoms with van der Waals surface area (Å²) in [6.45, 7) is 1.72. The molecule has 0 spiro atoms. The molecule has 6 nitrogen and oxygen atoms in total. The first kappa shape index (κ1) is 14.7. The molecule has 0 bridgehead atoms. The van der Waals surface area contributed by atoms with Crippen LogP contribution < -0.4 is 11.1 Å². The number of carboxylic acid groups (broad SMARTS) is 1. The molecular weight excluding hydrogens is 248 g/mol. The van der Waals surface area contributed by atoms with Gasteiger partial charge in [-0.15, -0.1) is 0 Å². The van der Waals surface area contributed by atoms with E-state index in [-0.39, 0.29) is 23.9 Å². The minimum atomic E-state index is -0.906. The summed E-state index contributed by atoms with van der Waals surface area (Å²) in [5.41, 5.74) is 5.70. The van der Waals surface area contributed by atoms with E-state index in [1.54, 1.807) is 19.1 Å². The fourth-order valence-electron chi connectivity index (χ4n) is 1.53. The van der Waals surface area contributed by atoms with Crippen LogP contribution in [0, 0.1) is 0 Å². The first-order valence-corrected chi connectivity index (χ1v) is 5.82. The highest BCUT2D eigenvalue weighted by atomic mass is 16.4. The van der Waals surface area contributed by atoms with E-state index in [2.05, 4.69) is 5.32 Å². The monoisotopic (exact) mass is 264 g/mol. The quantitative estimate of drug-likeness (QED) is 0.704. The fourth-order valence-corrected chi connectivity index (χ4v) is 1.53. The Balaban J connectivity index is 2.65. The summed E-state index contributed by atoms with van der Waals surface area (Å²) in [6.07, 6.45) is 0.333. The third-order valence-corrected chi connectivity index (χ3v) is 2.58. The van der Waals surface area contributed by atoms with Gasteiger partial charge < -0.3 is 16.2 Å². The second kappa shape index (κ2) is 6.53. The van der Waals surface area contributed by atoms with Gasteiger partial charge in [0.05, 0.1) is 0 Å². The van der Waals surface area contributed by atoms with Gasteiger partial charge in [-0.3, -0.25) is 14.4 Å². The number of hydrogen-bond donors (Lipinski definition) is 3. The van der Waals surface area contributed by atoms with Crippen molar-refractivity contribution in [1.29, 1.82) is 0 Å². The Bertz CT molecular complexity index is 499. The maximum atomic E-state index is 11.9. The predicted molar refractivity (Wildman–Crippen MR) is 68.8 cm³/mol. The molecule has 1 atom stereocenters. The van der Waals surface area contributed by atoms with Gasteiger partial charge in [-0.2, -0.15) is 0 Å². The van der Waals surface area contributed by atoms with Crippen molar-refractivity contribution in [3.05, 3.63) is 35.4 Å². The van der Waals surface area contributed by atoms with Crippen LogP contribution in [0.5, 0.6) is 0 Å². The van der Waals surface area contributed by atoms with Gasteiger partial charge in [0, 0.05) is 23.6 Å². The Hall–Kier alpha value is -2.37. The summed E-state index contributed by atoms with van der Waals surface area (Å²) in [7, 11) is 0. The molecule has 102 valence electrons. The number of carboxylic acids is 1. The van der Waals surface area contributed by atoms with E-state index < -0.39 is 11.9 Å². The summed E-state index contributed by atoms with van der Waals surface area (Å²) in [5.74, 6) is -1.87. The Morgan fingerprint density at radius 2 is 1.95 bits per heavy atom. The molecule has 1 aromatic rings. The van der Waals surface area contributed by atoms with Gasteiger partial charge in [-0.25, -0.2) is 0 Å². The molecule has 0 aliphatic carbocycles. The summed E-state index contributed by atoms with van der Waals surface area (Å²) >= 11 is 0.